The summed E-state index contributed by atoms with van der Waals surface area (Å²) in [6.45, 7) is 11.2. The molecule has 8 heterocycles. The van der Waals surface area contributed by atoms with Crippen LogP contribution >= 0.6 is 0 Å². The smallest absolute Gasteiger partial charge is 0.155 e. The van der Waals surface area contributed by atoms with Gasteiger partial charge in [0.2, 0.25) is 0 Å². The Balaban J connectivity index is 0.000000103. The standard InChI is InChI=1S/C22H25FN2O2.C22H25FN2O.C21H23FN2O2.C21H23FN2O/c1-21-13-15-14-24-25(18-8-6-17(23)7-9-18)19(15)12-16(21)4-2-10-22(21)11-3-5-20(26)27-22;1-21-14-16-15-24-25(19-8-6-18(23)7-9-19)20(16)13-17(21)5-4-11-22(21)10-2-3-12-26-22;1-20-12-14-13-23-24(17-6-4-16(22)5-7-17)18(14)11-15(20)8-10-21(20)9-2-3-19(25)26-21;1-20-13-15-14-23-24(18-6-4-17(22)5-7-18)19(15)12-16(20)8-10-21(20)9-2-3-11-25-21/h6-9,12,14,20,26H,2-5,10-11,13H2,1H3;6-9,13,15H,2-5,10-12,14H2,1H3;4-7,11,13,19,25H,2-3,8-10,12H2,1H3;4-7,12,14H,2-3,8-11,13H2,1H3/t20?,21-,22+;21-,22-;19?,20-,21-;20-,21-/m0000/s1. The number of nitrogens with zero attached hydrogens (tertiary/aromatic N) is 8. The van der Waals surface area contributed by atoms with Gasteiger partial charge in [-0.15, -0.1) is 0 Å². The van der Waals surface area contributed by atoms with E-state index < -0.39 is 12.6 Å². The largest absolute Gasteiger partial charge is 0.374 e. The second-order valence-corrected chi connectivity index (χ2v) is 32.7. The van der Waals surface area contributed by atoms with Gasteiger partial charge in [-0.1, -0.05) is 50.0 Å². The molecule has 4 aromatic carbocycles. The first-order chi connectivity index (χ1) is 50.2. The first-order valence-corrected chi connectivity index (χ1v) is 38.4. The minimum absolute atomic E-state index is 0.00670. The number of rotatable bonds is 4. The molecule has 14 nitrogen and oxygen atoms in total. The van der Waals surface area contributed by atoms with Crippen LogP contribution in [0.4, 0.5) is 17.6 Å². The molecule has 0 radical (unpaired) electrons. The summed E-state index contributed by atoms with van der Waals surface area (Å²) in [5.41, 5.74) is 18.1. The number of hydrogen-bond acceptors (Lipinski definition) is 10. The third-order valence-corrected chi connectivity index (χ3v) is 27.2. The monoisotopic (exact) mass is 1410 g/mol. The zero-order valence-corrected chi connectivity index (χ0v) is 60.4. The molecule has 20 rings (SSSR count). The van der Waals surface area contributed by atoms with Gasteiger partial charge in [0.25, 0.3) is 0 Å². The van der Waals surface area contributed by atoms with E-state index >= 15 is 0 Å². The van der Waals surface area contributed by atoms with Crippen LogP contribution < -0.4 is 0 Å². The molecule has 544 valence electrons. The number of aliphatic hydroxyl groups excluding tert-OH is 2. The number of halogens is 4. The van der Waals surface area contributed by atoms with Crippen molar-refractivity contribution in [3.8, 4) is 22.7 Å². The summed E-state index contributed by atoms with van der Waals surface area (Å²) >= 11 is 0. The van der Waals surface area contributed by atoms with Crippen LogP contribution in [0.15, 0.2) is 144 Å². The van der Waals surface area contributed by atoms with Crippen LogP contribution in [0.5, 0.6) is 0 Å². The predicted molar refractivity (Wildman–Crippen MR) is 392 cm³/mol. The van der Waals surface area contributed by atoms with E-state index in [1.54, 1.807) is 48.5 Å². The van der Waals surface area contributed by atoms with Gasteiger partial charge in [-0.2, -0.15) is 20.4 Å². The van der Waals surface area contributed by atoms with E-state index in [4.69, 9.17) is 18.9 Å². The fourth-order valence-electron chi connectivity index (χ4n) is 21.3. The number of aromatic nitrogens is 8. The van der Waals surface area contributed by atoms with Crippen LogP contribution in [0, 0.1) is 44.9 Å². The van der Waals surface area contributed by atoms with E-state index in [2.05, 4.69) is 72.4 Å². The van der Waals surface area contributed by atoms with Gasteiger partial charge in [-0.3, -0.25) is 0 Å². The highest BCUT2D eigenvalue weighted by molar-refractivity contribution is 5.66. The van der Waals surface area contributed by atoms with E-state index in [-0.39, 0.29) is 67.3 Å². The van der Waals surface area contributed by atoms with Gasteiger partial charge in [0.05, 0.1) is 92.7 Å². The van der Waals surface area contributed by atoms with Crippen molar-refractivity contribution in [2.24, 2.45) is 21.7 Å². The average molecular weight is 1410 g/mol. The molecule has 4 saturated heterocycles. The highest BCUT2D eigenvalue weighted by Gasteiger charge is 2.61. The molecule has 8 aliphatic carbocycles. The Bertz CT molecular complexity index is 4660. The number of aliphatic hydroxyl groups is 2. The maximum absolute atomic E-state index is 13.3. The van der Waals surface area contributed by atoms with Crippen molar-refractivity contribution in [3.05, 3.63) is 212 Å². The maximum atomic E-state index is 13.3. The van der Waals surface area contributed by atoms with Gasteiger partial charge in [-0.05, 0) is 311 Å². The lowest BCUT2D eigenvalue weighted by Gasteiger charge is -2.56. The lowest BCUT2D eigenvalue weighted by molar-refractivity contribution is -0.255. The number of fused-ring (bicyclic) bond motifs is 12. The lowest BCUT2D eigenvalue weighted by Crippen LogP contribution is -2.57. The number of ether oxygens (including phenoxy) is 4. The van der Waals surface area contributed by atoms with Crippen molar-refractivity contribution in [2.75, 3.05) is 13.2 Å². The van der Waals surface area contributed by atoms with Crippen LogP contribution in [0.1, 0.15) is 214 Å². The molecule has 4 aromatic heterocycles. The predicted octanol–water partition coefficient (Wildman–Crippen LogP) is 18.2. The number of benzene rings is 4. The normalized spacial score (nSPS) is 31.8. The summed E-state index contributed by atoms with van der Waals surface area (Å²) in [5.74, 6) is -0.924. The van der Waals surface area contributed by atoms with Crippen LogP contribution in [0.3, 0.4) is 0 Å². The third kappa shape index (κ3) is 11.5. The minimum Gasteiger partial charge on any atom is -0.374 e. The molecule has 10 atom stereocenters. The lowest BCUT2D eigenvalue weighted by atomic mass is 9.55. The van der Waals surface area contributed by atoms with Gasteiger partial charge in [0, 0.05) is 34.9 Å². The molecule has 0 bridgehead atoms. The summed E-state index contributed by atoms with van der Waals surface area (Å²) in [5, 5.41) is 38.7. The van der Waals surface area contributed by atoms with Crippen LogP contribution in [-0.4, -0.2) is 97.5 Å². The molecule has 12 aliphatic rings. The quantitative estimate of drug-likeness (QED) is 0.163. The molecule has 0 amide bonds. The van der Waals surface area contributed by atoms with Crippen molar-refractivity contribution in [1.29, 1.82) is 0 Å². The molecule has 4 aliphatic heterocycles. The molecule has 18 heteroatoms. The Labute approximate surface area is 606 Å². The zero-order valence-electron chi connectivity index (χ0n) is 60.4. The van der Waals surface area contributed by atoms with Crippen molar-refractivity contribution in [1.82, 2.24) is 39.1 Å². The van der Waals surface area contributed by atoms with Crippen molar-refractivity contribution >= 4 is 24.3 Å². The Kier molecular flexibility index (Phi) is 17.7. The second kappa shape index (κ2) is 26.6. The third-order valence-electron chi connectivity index (χ3n) is 27.2. The summed E-state index contributed by atoms with van der Waals surface area (Å²) < 4.78 is 86.1. The molecular formula is C86H96F4N8O6. The summed E-state index contributed by atoms with van der Waals surface area (Å²) in [6, 6.07) is 26.0. The Morgan fingerprint density at radius 3 is 0.923 bits per heavy atom. The fourth-order valence-corrected chi connectivity index (χ4v) is 21.3. The van der Waals surface area contributed by atoms with Gasteiger partial charge < -0.3 is 29.2 Å². The van der Waals surface area contributed by atoms with Crippen molar-refractivity contribution < 1.29 is 46.7 Å². The topological polar surface area (TPSA) is 149 Å². The SMILES string of the molecule is C[C@]12Cc3cnn(-c4ccc(F)cc4)c3C=C1CCC[C@@]21CCCC(O)O1.C[C@]12Cc3cnn(-c4ccc(F)cc4)c3C=C1CCC[C@@]21CCCCO1.C[C@]12Cc3cnn(-c4ccc(F)cc4)c3C=C1CC[C@@]21CCCC(O)O1.C[C@]12Cc3cnn(-c4ccc(F)cc4)c3C=C1CC[C@@]21CCCCO1. The highest BCUT2D eigenvalue weighted by atomic mass is 19.1. The molecule has 4 saturated carbocycles. The highest BCUT2D eigenvalue weighted by Crippen LogP contribution is 2.63. The van der Waals surface area contributed by atoms with Crippen molar-refractivity contribution in [2.45, 2.75) is 230 Å². The zero-order chi connectivity index (χ0) is 71.4. The Morgan fingerprint density at radius 1 is 0.337 bits per heavy atom. The molecule has 104 heavy (non-hydrogen) atoms. The summed E-state index contributed by atoms with van der Waals surface area (Å²) in [4.78, 5) is 0. The molecule has 4 spiro atoms. The number of hydrogen-bond donors (Lipinski definition) is 2. The second-order valence-electron chi connectivity index (χ2n) is 32.7. The molecule has 8 aromatic rings. The fraction of sp³-hybridized carbons (Fsp3) is 0.488. The summed E-state index contributed by atoms with van der Waals surface area (Å²) in [6.07, 6.45) is 42.9. The first kappa shape index (κ1) is 69.2. The molecule has 2 N–H and O–H groups in total. The van der Waals surface area contributed by atoms with Crippen LogP contribution in [0.2, 0.25) is 0 Å². The molecule has 2 unspecified atom stereocenters. The van der Waals surface area contributed by atoms with Crippen LogP contribution in [-0.2, 0) is 44.6 Å². The van der Waals surface area contributed by atoms with E-state index in [0.717, 1.165) is 174 Å². The molecule has 8 fully saturated rings. The van der Waals surface area contributed by atoms with Gasteiger partial charge in [0.1, 0.15) is 23.3 Å². The summed E-state index contributed by atoms with van der Waals surface area (Å²) in [7, 11) is 0. The van der Waals surface area contributed by atoms with Gasteiger partial charge in [0.15, 0.2) is 12.6 Å². The van der Waals surface area contributed by atoms with E-state index in [1.165, 1.54) is 144 Å². The Morgan fingerprint density at radius 2 is 0.606 bits per heavy atom. The first-order valence-electron chi connectivity index (χ1n) is 38.4. The average Bonchev–Trinajstić information content (AvgIpc) is 1.45. The van der Waals surface area contributed by atoms with Gasteiger partial charge >= 0.3 is 0 Å². The van der Waals surface area contributed by atoms with Crippen LogP contribution in [0.25, 0.3) is 47.1 Å². The van der Waals surface area contributed by atoms with E-state index in [9.17, 15) is 27.8 Å². The van der Waals surface area contributed by atoms with Crippen molar-refractivity contribution in [3.63, 3.8) is 0 Å². The van der Waals surface area contributed by atoms with E-state index in [0.29, 0.717) is 0 Å². The van der Waals surface area contributed by atoms with E-state index in [1.807, 2.05) is 43.5 Å². The maximum Gasteiger partial charge on any atom is 0.155 e. The minimum atomic E-state index is -0.654. The molecular weight excluding hydrogens is 1320 g/mol. The van der Waals surface area contributed by atoms with Gasteiger partial charge in [-0.25, -0.2) is 36.3 Å². The Hall–Kier alpha value is -7.84.